The molecule has 2 N–H and O–H groups in total. The molecule has 0 fully saturated rings. The molecule has 1 aromatic rings. The minimum Gasteiger partial charge on any atom is -0.401 e. The third-order valence-electron chi connectivity index (χ3n) is 1.50. The molecular formula is C10H13N3. The van der Waals surface area contributed by atoms with Gasteiger partial charge in [0.2, 0.25) is 0 Å². The van der Waals surface area contributed by atoms with Crippen LogP contribution in [0.3, 0.4) is 0 Å². The normalized spacial score (nSPS) is 13.1. The van der Waals surface area contributed by atoms with Gasteiger partial charge in [0.05, 0.1) is 11.4 Å². The van der Waals surface area contributed by atoms with Crippen LogP contribution in [0.1, 0.15) is 19.5 Å². The van der Waals surface area contributed by atoms with Crippen molar-refractivity contribution in [2.75, 3.05) is 0 Å². The van der Waals surface area contributed by atoms with Crippen molar-refractivity contribution < 1.29 is 0 Å². The number of allylic oxidation sites excluding steroid dienone is 1. The number of hydrogen-bond acceptors (Lipinski definition) is 3. The van der Waals surface area contributed by atoms with E-state index >= 15 is 0 Å². The maximum absolute atomic E-state index is 5.45. The highest BCUT2D eigenvalue weighted by molar-refractivity contribution is 5.97. The van der Waals surface area contributed by atoms with Gasteiger partial charge in [0, 0.05) is 18.1 Å². The van der Waals surface area contributed by atoms with Crippen LogP contribution < -0.4 is 5.73 Å². The van der Waals surface area contributed by atoms with E-state index in [1.807, 2.05) is 25.1 Å². The minimum atomic E-state index is 0.690. The standard InChI is InChI=1S/C10H13N3/c1-8(11)7-13-9(2)10-5-3-4-6-12-10/h3-7H,11H2,1-2H3/b8-7+,13-9?. The fourth-order valence-electron chi connectivity index (χ4n) is 0.842. The van der Waals surface area contributed by atoms with Gasteiger partial charge in [0.15, 0.2) is 0 Å². The fourth-order valence-corrected chi connectivity index (χ4v) is 0.842. The Kier molecular flexibility index (Phi) is 3.20. The highest BCUT2D eigenvalue weighted by atomic mass is 14.8. The SMILES string of the molecule is CC(=N/C=C(\C)N)c1ccccn1. The van der Waals surface area contributed by atoms with Crippen molar-refractivity contribution in [1.29, 1.82) is 0 Å². The van der Waals surface area contributed by atoms with Crippen LogP contribution in [0, 0.1) is 0 Å². The Labute approximate surface area is 78.0 Å². The topological polar surface area (TPSA) is 51.3 Å². The number of rotatable bonds is 2. The summed E-state index contributed by atoms with van der Waals surface area (Å²) in [5, 5.41) is 0. The van der Waals surface area contributed by atoms with Crippen molar-refractivity contribution in [3.63, 3.8) is 0 Å². The average molecular weight is 175 g/mol. The van der Waals surface area contributed by atoms with Gasteiger partial charge in [0.1, 0.15) is 0 Å². The highest BCUT2D eigenvalue weighted by Gasteiger charge is 1.94. The molecule has 1 rings (SSSR count). The molecule has 0 amide bonds. The van der Waals surface area contributed by atoms with Gasteiger partial charge in [-0.15, -0.1) is 0 Å². The van der Waals surface area contributed by atoms with Crippen molar-refractivity contribution in [2.24, 2.45) is 10.7 Å². The van der Waals surface area contributed by atoms with Gasteiger partial charge in [-0.25, -0.2) is 0 Å². The molecule has 0 aliphatic heterocycles. The number of pyridine rings is 1. The molecule has 0 spiro atoms. The molecule has 68 valence electrons. The zero-order valence-electron chi connectivity index (χ0n) is 7.86. The van der Waals surface area contributed by atoms with Crippen LogP contribution >= 0.6 is 0 Å². The van der Waals surface area contributed by atoms with E-state index in [-0.39, 0.29) is 0 Å². The molecule has 0 bridgehead atoms. The molecule has 0 saturated carbocycles. The Bertz CT molecular complexity index is 321. The average Bonchev–Trinajstić information content (AvgIpc) is 2.15. The summed E-state index contributed by atoms with van der Waals surface area (Å²) in [7, 11) is 0. The number of nitrogens with two attached hydrogens (primary N) is 1. The van der Waals surface area contributed by atoms with Crippen LogP contribution in [0.5, 0.6) is 0 Å². The third-order valence-corrected chi connectivity index (χ3v) is 1.50. The number of hydrogen-bond donors (Lipinski definition) is 1. The number of aromatic nitrogens is 1. The van der Waals surface area contributed by atoms with Gasteiger partial charge < -0.3 is 5.73 Å². The summed E-state index contributed by atoms with van der Waals surface area (Å²) in [5.74, 6) is 0. The van der Waals surface area contributed by atoms with E-state index in [2.05, 4.69) is 9.98 Å². The van der Waals surface area contributed by atoms with E-state index in [4.69, 9.17) is 5.73 Å². The summed E-state index contributed by atoms with van der Waals surface area (Å²) in [6.07, 6.45) is 3.37. The summed E-state index contributed by atoms with van der Waals surface area (Å²) in [6, 6.07) is 5.72. The maximum Gasteiger partial charge on any atom is 0.0841 e. The molecule has 0 radical (unpaired) electrons. The maximum atomic E-state index is 5.45. The summed E-state index contributed by atoms with van der Waals surface area (Å²) in [6.45, 7) is 3.71. The van der Waals surface area contributed by atoms with Crippen molar-refractivity contribution in [1.82, 2.24) is 4.98 Å². The van der Waals surface area contributed by atoms with Gasteiger partial charge in [-0.2, -0.15) is 0 Å². The molecule has 0 aliphatic rings. The highest BCUT2D eigenvalue weighted by Crippen LogP contribution is 1.97. The largest absolute Gasteiger partial charge is 0.401 e. The van der Waals surface area contributed by atoms with E-state index in [1.54, 1.807) is 19.3 Å². The molecule has 3 nitrogen and oxygen atoms in total. The second-order valence-electron chi connectivity index (χ2n) is 2.80. The molecule has 0 atom stereocenters. The quantitative estimate of drug-likeness (QED) is 0.696. The van der Waals surface area contributed by atoms with Crippen LogP contribution in [0.25, 0.3) is 0 Å². The lowest BCUT2D eigenvalue weighted by Gasteiger charge is -1.96. The summed E-state index contributed by atoms with van der Waals surface area (Å²) in [5.41, 5.74) is 7.88. The van der Waals surface area contributed by atoms with Crippen LogP contribution in [-0.4, -0.2) is 10.7 Å². The Morgan fingerprint density at radius 2 is 2.23 bits per heavy atom. The molecule has 0 saturated heterocycles. The predicted octanol–water partition coefficient (Wildman–Crippen LogP) is 1.71. The smallest absolute Gasteiger partial charge is 0.0841 e. The zero-order valence-corrected chi connectivity index (χ0v) is 7.86. The van der Waals surface area contributed by atoms with Crippen molar-refractivity contribution in [2.45, 2.75) is 13.8 Å². The Morgan fingerprint density at radius 1 is 1.46 bits per heavy atom. The van der Waals surface area contributed by atoms with Crippen LogP contribution in [0.4, 0.5) is 0 Å². The van der Waals surface area contributed by atoms with Gasteiger partial charge in [0.25, 0.3) is 0 Å². The van der Waals surface area contributed by atoms with Crippen LogP contribution in [-0.2, 0) is 0 Å². The lowest BCUT2D eigenvalue weighted by atomic mass is 10.2. The van der Waals surface area contributed by atoms with Crippen molar-refractivity contribution in [3.05, 3.63) is 42.0 Å². The third kappa shape index (κ3) is 3.07. The first-order valence-electron chi connectivity index (χ1n) is 4.08. The first-order valence-corrected chi connectivity index (χ1v) is 4.08. The molecule has 1 aromatic heterocycles. The van der Waals surface area contributed by atoms with E-state index in [0.717, 1.165) is 11.4 Å². The molecule has 13 heavy (non-hydrogen) atoms. The first-order chi connectivity index (χ1) is 6.20. The zero-order chi connectivity index (χ0) is 9.68. The Hall–Kier alpha value is -1.64. The van der Waals surface area contributed by atoms with Crippen LogP contribution in [0.15, 0.2) is 41.3 Å². The second kappa shape index (κ2) is 4.40. The fraction of sp³-hybridized carbons (Fsp3) is 0.200. The lowest BCUT2D eigenvalue weighted by molar-refractivity contribution is 1.25. The molecule has 0 unspecified atom stereocenters. The monoisotopic (exact) mass is 175 g/mol. The van der Waals surface area contributed by atoms with Gasteiger partial charge in [-0.1, -0.05) is 6.07 Å². The predicted molar refractivity (Wildman–Crippen MR) is 54.4 cm³/mol. The lowest BCUT2D eigenvalue weighted by Crippen LogP contribution is -1.97. The Balaban J connectivity index is 2.86. The van der Waals surface area contributed by atoms with Crippen molar-refractivity contribution >= 4 is 5.71 Å². The van der Waals surface area contributed by atoms with Gasteiger partial charge in [-0.05, 0) is 26.0 Å². The molecule has 1 heterocycles. The summed E-state index contributed by atoms with van der Waals surface area (Å²) >= 11 is 0. The second-order valence-corrected chi connectivity index (χ2v) is 2.80. The summed E-state index contributed by atoms with van der Waals surface area (Å²) in [4.78, 5) is 8.32. The van der Waals surface area contributed by atoms with Gasteiger partial charge in [-0.3, -0.25) is 9.98 Å². The molecule has 3 heteroatoms. The van der Waals surface area contributed by atoms with E-state index in [1.165, 1.54) is 0 Å². The Morgan fingerprint density at radius 3 is 2.77 bits per heavy atom. The molecule has 0 aliphatic carbocycles. The molecule has 0 aromatic carbocycles. The van der Waals surface area contributed by atoms with Gasteiger partial charge >= 0.3 is 0 Å². The van der Waals surface area contributed by atoms with Crippen LogP contribution in [0.2, 0.25) is 0 Å². The van der Waals surface area contributed by atoms with Crippen molar-refractivity contribution in [3.8, 4) is 0 Å². The van der Waals surface area contributed by atoms with E-state index < -0.39 is 0 Å². The molecular weight excluding hydrogens is 162 g/mol. The van der Waals surface area contributed by atoms with E-state index in [0.29, 0.717) is 5.70 Å². The number of nitrogens with zero attached hydrogens (tertiary/aromatic N) is 2. The van der Waals surface area contributed by atoms with E-state index in [9.17, 15) is 0 Å². The minimum absolute atomic E-state index is 0.690. The number of aliphatic imine (C=N–C) groups is 1. The summed E-state index contributed by atoms with van der Waals surface area (Å²) < 4.78 is 0. The first kappa shape index (κ1) is 9.45.